The van der Waals surface area contributed by atoms with Gasteiger partial charge >= 0.3 is 0 Å². The molecule has 2 aliphatic carbocycles. The predicted octanol–water partition coefficient (Wildman–Crippen LogP) is 4.40. The van der Waals surface area contributed by atoms with Crippen molar-refractivity contribution in [1.29, 1.82) is 0 Å². The Morgan fingerprint density at radius 2 is 2.21 bits per heavy atom. The fourth-order valence-corrected chi connectivity index (χ4v) is 2.50. The maximum absolute atomic E-state index is 2.43. The van der Waals surface area contributed by atoms with E-state index in [0.717, 1.165) is 5.92 Å². The lowest BCUT2D eigenvalue weighted by Crippen LogP contribution is -1.96. The van der Waals surface area contributed by atoms with Gasteiger partial charge in [0.05, 0.1) is 0 Å². The maximum atomic E-state index is 2.43. The van der Waals surface area contributed by atoms with Gasteiger partial charge in [-0.1, -0.05) is 37.6 Å². The number of rotatable bonds is 2. The quantitative estimate of drug-likeness (QED) is 0.602. The van der Waals surface area contributed by atoms with E-state index in [1.165, 1.54) is 37.7 Å². The molecule has 0 aliphatic heterocycles. The summed E-state index contributed by atoms with van der Waals surface area (Å²) in [7, 11) is 0. The molecule has 0 fully saturated rings. The molecule has 0 aromatic carbocycles. The predicted molar refractivity (Wildman–Crippen MR) is 62.2 cm³/mol. The summed E-state index contributed by atoms with van der Waals surface area (Å²) in [5.41, 5.74) is 4.89. The van der Waals surface area contributed by atoms with Gasteiger partial charge in [-0.3, -0.25) is 0 Å². The Balaban J connectivity index is 2.20. The smallest absolute Gasteiger partial charge is 0.0224 e. The SMILES string of the molecule is CCC1=C(C2=CCC(C)C=C2)CCC1. The molecule has 14 heavy (non-hydrogen) atoms. The number of hydrogen-bond acceptors (Lipinski definition) is 0. The molecule has 1 unspecified atom stereocenters. The molecular formula is C14H20. The van der Waals surface area contributed by atoms with Crippen LogP contribution in [0.2, 0.25) is 0 Å². The van der Waals surface area contributed by atoms with E-state index in [2.05, 4.69) is 32.1 Å². The molecule has 0 amide bonds. The van der Waals surface area contributed by atoms with Crippen molar-refractivity contribution in [3.05, 3.63) is 34.9 Å². The summed E-state index contributed by atoms with van der Waals surface area (Å²) < 4.78 is 0. The van der Waals surface area contributed by atoms with Crippen LogP contribution in [0.25, 0.3) is 0 Å². The van der Waals surface area contributed by atoms with E-state index in [1.807, 2.05) is 0 Å². The van der Waals surface area contributed by atoms with E-state index in [0.29, 0.717) is 0 Å². The van der Waals surface area contributed by atoms with E-state index in [4.69, 9.17) is 0 Å². The summed E-state index contributed by atoms with van der Waals surface area (Å²) in [4.78, 5) is 0. The average molecular weight is 188 g/mol. The molecule has 0 saturated carbocycles. The van der Waals surface area contributed by atoms with Gasteiger partial charge in [0.15, 0.2) is 0 Å². The molecule has 0 aromatic heterocycles. The summed E-state index contributed by atoms with van der Waals surface area (Å²) in [6.07, 6.45) is 13.6. The van der Waals surface area contributed by atoms with Gasteiger partial charge in [0.25, 0.3) is 0 Å². The van der Waals surface area contributed by atoms with Gasteiger partial charge in [0.1, 0.15) is 0 Å². The topological polar surface area (TPSA) is 0 Å². The zero-order valence-corrected chi connectivity index (χ0v) is 9.34. The largest absolute Gasteiger partial charge is 0.0808 e. The van der Waals surface area contributed by atoms with Crippen LogP contribution in [0, 0.1) is 5.92 Å². The third-order valence-electron chi connectivity index (χ3n) is 3.42. The van der Waals surface area contributed by atoms with Crippen molar-refractivity contribution in [2.24, 2.45) is 5.92 Å². The highest BCUT2D eigenvalue weighted by Gasteiger charge is 2.16. The van der Waals surface area contributed by atoms with Gasteiger partial charge < -0.3 is 0 Å². The molecule has 1 atom stereocenters. The van der Waals surface area contributed by atoms with Crippen LogP contribution in [0.5, 0.6) is 0 Å². The zero-order chi connectivity index (χ0) is 9.97. The average Bonchev–Trinajstić information content (AvgIpc) is 2.67. The van der Waals surface area contributed by atoms with Gasteiger partial charge in [0.2, 0.25) is 0 Å². The first kappa shape index (κ1) is 9.76. The summed E-state index contributed by atoms with van der Waals surface area (Å²) in [6, 6.07) is 0. The molecule has 0 bridgehead atoms. The van der Waals surface area contributed by atoms with Crippen LogP contribution < -0.4 is 0 Å². The van der Waals surface area contributed by atoms with Crippen LogP contribution >= 0.6 is 0 Å². The highest BCUT2D eigenvalue weighted by Crippen LogP contribution is 2.35. The zero-order valence-electron chi connectivity index (χ0n) is 9.34. The van der Waals surface area contributed by atoms with Crippen molar-refractivity contribution >= 4 is 0 Å². The number of allylic oxidation sites excluding steroid dienone is 6. The molecule has 0 N–H and O–H groups in total. The van der Waals surface area contributed by atoms with E-state index in [-0.39, 0.29) is 0 Å². The second-order valence-electron chi connectivity index (χ2n) is 4.52. The van der Waals surface area contributed by atoms with E-state index in [1.54, 1.807) is 11.1 Å². The lowest BCUT2D eigenvalue weighted by molar-refractivity contribution is 0.730. The molecule has 2 aliphatic rings. The van der Waals surface area contributed by atoms with Crippen LogP contribution in [0.3, 0.4) is 0 Å². The second-order valence-corrected chi connectivity index (χ2v) is 4.52. The molecule has 0 heterocycles. The van der Waals surface area contributed by atoms with Gasteiger partial charge in [-0.2, -0.15) is 0 Å². The molecule has 0 radical (unpaired) electrons. The molecule has 0 nitrogen and oxygen atoms in total. The van der Waals surface area contributed by atoms with Crippen molar-refractivity contribution in [2.45, 2.75) is 46.0 Å². The Morgan fingerprint density at radius 3 is 2.86 bits per heavy atom. The standard InChI is InChI=1S/C14H20/c1-3-12-5-4-6-14(12)13-9-7-11(2)8-10-13/h7,9-11H,3-6,8H2,1-2H3. The monoisotopic (exact) mass is 188 g/mol. The van der Waals surface area contributed by atoms with Gasteiger partial charge in [-0.15, -0.1) is 0 Å². The molecule has 0 saturated heterocycles. The first-order chi connectivity index (χ1) is 6.81. The Bertz CT molecular complexity index is 302. The Labute approximate surface area is 87.4 Å². The lowest BCUT2D eigenvalue weighted by Gasteiger charge is -2.14. The van der Waals surface area contributed by atoms with Gasteiger partial charge in [-0.05, 0) is 49.2 Å². The molecule has 0 heteroatoms. The summed E-state index contributed by atoms with van der Waals surface area (Å²) >= 11 is 0. The summed E-state index contributed by atoms with van der Waals surface area (Å²) in [6.45, 7) is 4.57. The van der Waals surface area contributed by atoms with Crippen molar-refractivity contribution in [2.75, 3.05) is 0 Å². The summed E-state index contributed by atoms with van der Waals surface area (Å²) in [5, 5.41) is 0. The molecule has 2 rings (SSSR count). The second kappa shape index (κ2) is 4.16. The van der Waals surface area contributed by atoms with E-state index in [9.17, 15) is 0 Å². The summed E-state index contributed by atoms with van der Waals surface area (Å²) in [5.74, 6) is 0.742. The fraction of sp³-hybridized carbons (Fsp3) is 0.571. The minimum Gasteiger partial charge on any atom is -0.0808 e. The lowest BCUT2D eigenvalue weighted by atomic mass is 9.92. The van der Waals surface area contributed by atoms with E-state index >= 15 is 0 Å². The molecular weight excluding hydrogens is 168 g/mol. The fourth-order valence-electron chi connectivity index (χ4n) is 2.50. The normalized spacial score (nSPS) is 27.0. The third-order valence-corrected chi connectivity index (χ3v) is 3.42. The van der Waals surface area contributed by atoms with Crippen molar-refractivity contribution in [3.8, 4) is 0 Å². The highest BCUT2D eigenvalue weighted by molar-refractivity contribution is 5.46. The van der Waals surface area contributed by atoms with Crippen LogP contribution in [0.15, 0.2) is 34.9 Å². The minimum absolute atomic E-state index is 0.742. The molecule has 76 valence electrons. The first-order valence-corrected chi connectivity index (χ1v) is 5.91. The van der Waals surface area contributed by atoms with Crippen molar-refractivity contribution in [3.63, 3.8) is 0 Å². The Hall–Kier alpha value is -0.780. The van der Waals surface area contributed by atoms with Crippen LogP contribution in [0.4, 0.5) is 0 Å². The molecule has 0 spiro atoms. The van der Waals surface area contributed by atoms with Gasteiger partial charge in [0, 0.05) is 0 Å². The highest BCUT2D eigenvalue weighted by atomic mass is 14.2. The van der Waals surface area contributed by atoms with Gasteiger partial charge in [-0.25, -0.2) is 0 Å². The Kier molecular flexibility index (Phi) is 2.90. The Morgan fingerprint density at radius 1 is 1.36 bits per heavy atom. The third kappa shape index (κ3) is 1.84. The van der Waals surface area contributed by atoms with Crippen LogP contribution in [-0.4, -0.2) is 0 Å². The number of hydrogen-bond donors (Lipinski definition) is 0. The maximum Gasteiger partial charge on any atom is -0.0224 e. The van der Waals surface area contributed by atoms with Crippen LogP contribution in [0.1, 0.15) is 46.0 Å². The van der Waals surface area contributed by atoms with Crippen LogP contribution in [-0.2, 0) is 0 Å². The van der Waals surface area contributed by atoms with Crippen molar-refractivity contribution < 1.29 is 0 Å². The molecule has 0 aromatic rings. The first-order valence-electron chi connectivity index (χ1n) is 5.91. The van der Waals surface area contributed by atoms with Crippen molar-refractivity contribution in [1.82, 2.24) is 0 Å². The minimum atomic E-state index is 0.742. The van der Waals surface area contributed by atoms with E-state index < -0.39 is 0 Å².